The maximum Gasteiger partial charge on any atom is 0.161 e. The third-order valence-corrected chi connectivity index (χ3v) is 5.15. The summed E-state index contributed by atoms with van der Waals surface area (Å²) in [4.78, 5) is 12.6. The first-order valence-electron chi connectivity index (χ1n) is 8.53. The third kappa shape index (κ3) is 2.51. The Hall–Kier alpha value is -3.15. The number of phenols is 1. The first-order valence-corrected chi connectivity index (χ1v) is 8.91. The molecule has 2 aromatic rings. The van der Waals surface area contributed by atoms with Gasteiger partial charge in [-0.3, -0.25) is 0 Å². The van der Waals surface area contributed by atoms with Gasteiger partial charge in [0.1, 0.15) is 11.4 Å². The summed E-state index contributed by atoms with van der Waals surface area (Å²) in [7, 11) is 0. The lowest BCUT2D eigenvalue weighted by Gasteiger charge is -2.12. The van der Waals surface area contributed by atoms with E-state index >= 15 is 0 Å². The number of nitrogens with one attached hydrogen (secondary N) is 1. The minimum atomic E-state index is 0.0355. The molecule has 4 N–H and O–H groups in total. The second-order valence-electron chi connectivity index (χ2n) is 6.49. The quantitative estimate of drug-likeness (QED) is 0.435. The Bertz CT molecular complexity index is 1180. The zero-order chi connectivity index (χ0) is 18.5. The minimum Gasteiger partial charge on any atom is -0.506 e. The predicted octanol–water partition coefficient (Wildman–Crippen LogP) is 4.48. The van der Waals surface area contributed by atoms with E-state index in [4.69, 9.17) is 17.3 Å². The zero-order valence-electron chi connectivity index (χ0n) is 14.2. The third-order valence-electron chi connectivity index (χ3n) is 4.83. The maximum atomic E-state index is 9.88. The summed E-state index contributed by atoms with van der Waals surface area (Å²) in [5, 5.41) is 10.2. The molecule has 2 aromatic carbocycles. The Morgan fingerprint density at radius 3 is 2.52 bits per heavy atom. The first kappa shape index (κ1) is 16.1. The van der Waals surface area contributed by atoms with Gasteiger partial charge in [-0.1, -0.05) is 41.9 Å². The topological polar surface area (TPSA) is 87.3 Å². The smallest absolute Gasteiger partial charge is 0.161 e. The van der Waals surface area contributed by atoms with Crippen LogP contribution in [0.3, 0.4) is 0 Å². The molecule has 0 atom stereocenters. The highest BCUT2D eigenvalue weighted by Crippen LogP contribution is 2.43. The molecule has 0 spiro atoms. The van der Waals surface area contributed by atoms with Gasteiger partial charge in [0, 0.05) is 35.1 Å². The zero-order valence-corrected chi connectivity index (χ0v) is 15.0. The summed E-state index contributed by atoms with van der Waals surface area (Å²) in [5.41, 5.74) is 13.2. The number of H-pyrrole nitrogens is 1. The minimum absolute atomic E-state index is 0.0355. The van der Waals surface area contributed by atoms with Crippen LogP contribution in [-0.2, 0) is 6.54 Å². The summed E-state index contributed by atoms with van der Waals surface area (Å²) in [5.74, 6) is 0.728. The number of aromatic nitrogens is 2. The average Bonchev–Trinajstić information content (AvgIpc) is 3.29. The standard InChI is InChI=1S/C21H15ClN4O/c22-16-6-5-13(7-18(16)27)19-20-15-10-24-17(8-14(15)21(25-19)26-20)12-3-1-11(9-23)2-4-12/h1-8,10,24,27H,9,23H2. The highest BCUT2D eigenvalue weighted by Gasteiger charge is 2.29. The van der Waals surface area contributed by atoms with Gasteiger partial charge < -0.3 is 15.8 Å². The lowest BCUT2D eigenvalue weighted by molar-refractivity contribution is 0.475. The van der Waals surface area contributed by atoms with Crippen molar-refractivity contribution in [3.8, 4) is 28.1 Å². The van der Waals surface area contributed by atoms with E-state index < -0.39 is 0 Å². The van der Waals surface area contributed by atoms with Crippen molar-refractivity contribution in [1.82, 2.24) is 9.97 Å². The number of hydrogen-bond donors (Lipinski definition) is 3. The molecule has 132 valence electrons. The Labute approximate surface area is 160 Å². The number of rotatable bonds is 3. The number of aromatic amines is 1. The fourth-order valence-electron chi connectivity index (χ4n) is 3.37. The number of pyridine rings is 1. The molecule has 5 rings (SSSR count). The normalized spacial score (nSPS) is 12.6. The van der Waals surface area contributed by atoms with Crippen molar-refractivity contribution in [3.63, 3.8) is 0 Å². The fraction of sp³-hybridized carbons (Fsp3) is 0.0476. The highest BCUT2D eigenvalue weighted by molar-refractivity contribution is 6.32. The van der Waals surface area contributed by atoms with Gasteiger partial charge in [0.2, 0.25) is 0 Å². The summed E-state index contributed by atoms with van der Waals surface area (Å²) in [6.45, 7) is 0.529. The van der Waals surface area contributed by atoms with Crippen molar-refractivity contribution in [3.05, 3.63) is 76.6 Å². The number of aromatic hydroxyl groups is 1. The maximum absolute atomic E-state index is 9.88. The van der Waals surface area contributed by atoms with Crippen LogP contribution >= 0.6 is 11.6 Å². The Kier molecular flexibility index (Phi) is 3.53. The van der Waals surface area contributed by atoms with Crippen LogP contribution in [0.1, 0.15) is 16.8 Å². The largest absolute Gasteiger partial charge is 0.506 e. The van der Waals surface area contributed by atoms with Gasteiger partial charge in [0.15, 0.2) is 5.82 Å². The summed E-state index contributed by atoms with van der Waals surface area (Å²) >= 11 is 5.90. The molecule has 6 heteroatoms. The van der Waals surface area contributed by atoms with Gasteiger partial charge in [-0.25, -0.2) is 9.98 Å². The van der Waals surface area contributed by atoms with E-state index in [-0.39, 0.29) is 5.75 Å². The van der Waals surface area contributed by atoms with Crippen molar-refractivity contribution in [2.24, 2.45) is 10.7 Å². The molecular formula is C21H15ClN4O. The number of nitrogens with two attached hydrogens (primary N) is 1. The molecule has 3 aliphatic heterocycles. The lowest BCUT2D eigenvalue weighted by Crippen LogP contribution is -2.04. The molecule has 0 fully saturated rings. The molecule has 27 heavy (non-hydrogen) atoms. The number of nitrogens with zero attached hydrogens (tertiary/aromatic N) is 2. The molecule has 0 aromatic heterocycles. The molecular weight excluding hydrogens is 360 g/mol. The Balaban J connectivity index is 1.57. The molecule has 3 heterocycles. The Morgan fingerprint density at radius 2 is 1.78 bits per heavy atom. The van der Waals surface area contributed by atoms with Gasteiger partial charge >= 0.3 is 0 Å². The second-order valence-corrected chi connectivity index (χ2v) is 6.89. The molecule has 3 aliphatic rings. The number of halogens is 1. The van der Waals surface area contributed by atoms with Gasteiger partial charge in [0.25, 0.3) is 0 Å². The van der Waals surface area contributed by atoms with E-state index in [9.17, 15) is 5.11 Å². The molecule has 5 nitrogen and oxygen atoms in total. The number of aliphatic imine (C=N–C) groups is 1. The van der Waals surface area contributed by atoms with Gasteiger partial charge in [-0.15, -0.1) is 0 Å². The van der Waals surface area contributed by atoms with Gasteiger partial charge in [-0.05, 0) is 29.3 Å². The predicted molar refractivity (Wildman–Crippen MR) is 107 cm³/mol. The van der Waals surface area contributed by atoms with Crippen molar-refractivity contribution < 1.29 is 5.11 Å². The van der Waals surface area contributed by atoms with Crippen LogP contribution in [0.4, 0.5) is 5.82 Å². The van der Waals surface area contributed by atoms with Crippen LogP contribution in [-0.4, -0.2) is 20.8 Å². The summed E-state index contributed by atoms with van der Waals surface area (Å²) in [6.07, 6.45) is 1.96. The molecule has 0 aliphatic carbocycles. The Morgan fingerprint density at radius 1 is 1.00 bits per heavy atom. The van der Waals surface area contributed by atoms with E-state index in [1.807, 2.05) is 36.5 Å². The fourth-order valence-corrected chi connectivity index (χ4v) is 3.49. The van der Waals surface area contributed by atoms with Crippen LogP contribution in [0.15, 0.2) is 59.7 Å². The highest BCUT2D eigenvalue weighted by atomic mass is 35.5. The van der Waals surface area contributed by atoms with Crippen LogP contribution in [0.5, 0.6) is 5.75 Å². The van der Waals surface area contributed by atoms with E-state index in [1.54, 1.807) is 12.1 Å². The van der Waals surface area contributed by atoms with Crippen molar-refractivity contribution >= 4 is 23.1 Å². The van der Waals surface area contributed by atoms with Crippen LogP contribution < -0.4 is 5.73 Å². The molecule has 0 saturated carbocycles. The summed E-state index contributed by atoms with van der Waals surface area (Å²) in [6, 6.07) is 15.3. The van der Waals surface area contributed by atoms with Crippen LogP contribution in [0, 0.1) is 0 Å². The SMILES string of the molecule is NCc1ccc(-c2cc3c4nc(c-3c[nH]2)C(c2ccc(Cl)c(O)c2)=N4)cc1. The molecule has 0 saturated heterocycles. The van der Waals surface area contributed by atoms with Crippen LogP contribution in [0.2, 0.25) is 5.02 Å². The van der Waals surface area contributed by atoms with Crippen LogP contribution in [0.25, 0.3) is 22.4 Å². The summed E-state index contributed by atoms with van der Waals surface area (Å²) < 4.78 is 0. The van der Waals surface area contributed by atoms with Gasteiger partial charge in [-0.2, -0.15) is 0 Å². The van der Waals surface area contributed by atoms with E-state index in [2.05, 4.69) is 21.0 Å². The molecule has 0 unspecified atom stereocenters. The van der Waals surface area contributed by atoms with Crippen molar-refractivity contribution in [2.45, 2.75) is 6.54 Å². The first-order chi connectivity index (χ1) is 13.1. The van der Waals surface area contributed by atoms with Crippen molar-refractivity contribution in [1.29, 1.82) is 0 Å². The lowest BCUT2D eigenvalue weighted by atomic mass is 9.97. The van der Waals surface area contributed by atoms with Gasteiger partial charge in [0.05, 0.1) is 10.7 Å². The average molecular weight is 375 g/mol. The molecule has 0 amide bonds. The number of phenolic OH excluding ortho intramolecular Hbond substituents is 1. The number of hydrogen-bond acceptors (Lipinski definition) is 4. The molecule has 0 radical (unpaired) electrons. The number of benzene rings is 2. The number of fused-ring (bicyclic) bond motifs is 5. The molecule has 2 bridgehead atoms. The van der Waals surface area contributed by atoms with E-state index in [1.165, 1.54) is 0 Å². The van der Waals surface area contributed by atoms with E-state index in [0.717, 1.165) is 44.9 Å². The second kappa shape index (κ2) is 5.94. The van der Waals surface area contributed by atoms with Crippen molar-refractivity contribution in [2.75, 3.05) is 0 Å². The van der Waals surface area contributed by atoms with E-state index in [0.29, 0.717) is 17.4 Å². The monoisotopic (exact) mass is 374 g/mol.